The summed E-state index contributed by atoms with van der Waals surface area (Å²) in [5, 5.41) is 13.0. The molecule has 10 heteroatoms. The lowest BCUT2D eigenvalue weighted by Crippen LogP contribution is -2.57. The van der Waals surface area contributed by atoms with Crippen LogP contribution in [-0.2, 0) is 11.2 Å². The molecule has 1 fully saturated rings. The van der Waals surface area contributed by atoms with Crippen LogP contribution in [0.2, 0.25) is 0 Å². The van der Waals surface area contributed by atoms with Crippen molar-refractivity contribution in [1.29, 1.82) is 0 Å². The van der Waals surface area contributed by atoms with Crippen molar-refractivity contribution in [3.63, 3.8) is 0 Å². The Morgan fingerprint density at radius 2 is 1.79 bits per heavy atom. The predicted octanol–water partition coefficient (Wildman–Crippen LogP) is 3.99. The highest BCUT2D eigenvalue weighted by Crippen LogP contribution is 2.38. The molecule has 0 aliphatic carbocycles. The van der Waals surface area contributed by atoms with Crippen molar-refractivity contribution in [2.45, 2.75) is 25.4 Å². The zero-order valence-corrected chi connectivity index (χ0v) is 22.2. The summed E-state index contributed by atoms with van der Waals surface area (Å²) in [7, 11) is 1.65. The molecule has 1 saturated heterocycles. The van der Waals surface area contributed by atoms with Crippen LogP contribution in [0.3, 0.4) is 0 Å². The average molecular weight is 535 g/mol. The molecule has 0 radical (unpaired) electrons. The van der Waals surface area contributed by atoms with Crippen LogP contribution >= 0.6 is 11.3 Å². The predicted molar refractivity (Wildman–Crippen MR) is 145 cm³/mol. The third kappa shape index (κ3) is 5.14. The summed E-state index contributed by atoms with van der Waals surface area (Å²) >= 11 is 1.77. The number of nitro benzene ring substituents is 1. The van der Waals surface area contributed by atoms with Crippen LogP contribution in [0.1, 0.15) is 39.3 Å². The molecule has 2 aliphatic rings. The van der Waals surface area contributed by atoms with Gasteiger partial charge in [0, 0.05) is 54.8 Å². The highest BCUT2D eigenvalue weighted by molar-refractivity contribution is 7.10. The second-order valence-corrected chi connectivity index (χ2v) is 10.7. The summed E-state index contributed by atoms with van der Waals surface area (Å²) in [4.78, 5) is 44.2. The van der Waals surface area contributed by atoms with Crippen LogP contribution in [0.15, 0.2) is 60.0 Å². The molecule has 2 aromatic carbocycles. The number of nitrogens with zero attached hydrogens (tertiary/aromatic N) is 4. The van der Waals surface area contributed by atoms with E-state index in [0.29, 0.717) is 31.7 Å². The molecule has 0 bridgehead atoms. The fraction of sp³-hybridized carbons (Fsp3) is 0.357. The topological polar surface area (TPSA) is 96.2 Å². The molecule has 2 aliphatic heterocycles. The van der Waals surface area contributed by atoms with E-state index in [1.807, 2.05) is 24.0 Å². The first kappa shape index (κ1) is 25.9. The Hall–Kier alpha value is -3.76. The van der Waals surface area contributed by atoms with E-state index in [0.717, 1.165) is 24.3 Å². The number of thiophene rings is 1. The summed E-state index contributed by atoms with van der Waals surface area (Å²) in [6.45, 7) is 4.34. The van der Waals surface area contributed by atoms with Gasteiger partial charge >= 0.3 is 0 Å². The lowest BCUT2D eigenvalue weighted by Gasteiger charge is -2.42. The molecule has 38 heavy (non-hydrogen) atoms. The van der Waals surface area contributed by atoms with Crippen LogP contribution in [0.4, 0.5) is 5.69 Å². The number of non-ortho nitro benzene ring substituents is 1. The number of rotatable bonds is 6. The van der Waals surface area contributed by atoms with Gasteiger partial charge in [-0.05, 0) is 60.2 Å². The van der Waals surface area contributed by atoms with Gasteiger partial charge in [-0.25, -0.2) is 0 Å². The monoisotopic (exact) mass is 534 g/mol. The first-order valence-corrected chi connectivity index (χ1v) is 13.5. The van der Waals surface area contributed by atoms with Crippen LogP contribution in [-0.4, -0.2) is 77.3 Å². The molecule has 2 atom stereocenters. The van der Waals surface area contributed by atoms with Gasteiger partial charge in [0.05, 0.1) is 24.6 Å². The Morgan fingerprint density at radius 1 is 1.05 bits per heavy atom. The van der Waals surface area contributed by atoms with Crippen molar-refractivity contribution >= 4 is 28.8 Å². The van der Waals surface area contributed by atoms with Gasteiger partial charge in [0.1, 0.15) is 5.75 Å². The minimum Gasteiger partial charge on any atom is -0.497 e. The number of fused-ring (bicyclic) bond motifs is 1. The largest absolute Gasteiger partial charge is 0.497 e. The van der Waals surface area contributed by atoms with Crippen molar-refractivity contribution < 1.29 is 19.2 Å². The summed E-state index contributed by atoms with van der Waals surface area (Å²) in [5.74, 6) is 0.671. The number of piperazine rings is 1. The Bertz CT molecular complexity index is 1320. The molecular weight excluding hydrogens is 504 g/mol. The molecule has 2 amide bonds. The first-order valence-electron chi connectivity index (χ1n) is 12.6. The fourth-order valence-corrected chi connectivity index (χ4v) is 6.27. The van der Waals surface area contributed by atoms with E-state index in [1.165, 1.54) is 34.7 Å². The quantitative estimate of drug-likeness (QED) is 0.351. The first-order chi connectivity index (χ1) is 18.4. The van der Waals surface area contributed by atoms with Gasteiger partial charge in [-0.2, -0.15) is 0 Å². The number of carbonyl (C=O) groups is 2. The maximum absolute atomic E-state index is 13.5. The fourth-order valence-electron chi connectivity index (χ4n) is 5.37. The molecule has 0 unspecified atom stereocenters. The van der Waals surface area contributed by atoms with Gasteiger partial charge in [0.15, 0.2) is 0 Å². The maximum atomic E-state index is 13.5. The van der Waals surface area contributed by atoms with Gasteiger partial charge in [0.2, 0.25) is 5.91 Å². The third-order valence-corrected chi connectivity index (χ3v) is 8.40. The van der Waals surface area contributed by atoms with Gasteiger partial charge in [-0.1, -0.05) is 12.1 Å². The molecule has 0 saturated carbocycles. The minimum atomic E-state index is -0.484. The lowest BCUT2D eigenvalue weighted by molar-refractivity contribution is -0.384. The summed E-state index contributed by atoms with van der Waals surface area (Å²) in [6.07, 6.45) is 0.918. The van der Waals surface area contributed by atoms with E-state index in [-0.39, 0.29) is 29.6 Å². The van der Waals surface area contributed by atoms with Crippen molar-refractivity contribution in [3.8, 4) is 5.75 Å². The second-order valence-electron chi connectivity index (χ2n) is 9.69. The normalized spacial score (nSPS) is 19.6. The van der Waals surface area contributed by atoms with E-state index in [4.69, 9.17) is 4.74 Å². The smallest absolute Gasteiger partial charge is 0.269 e. The van der Waals surface area contributed by atoms with Gasteiger partial charge in [-0.3, -0.25) is 24.6 Å². The molecular formula is C28H30N4O5S. The van der Waals surface area contributed by atoms with Crippen molar-refractivity contribution in [2.75, 3.05) is 39.8 Å². The number of benzene rings is 2. The van der Waals surface area contributed by atoms with Gasteiger partial charge in [-0.15, -0.1) is 11.3 Å². The van der Waals surface area contributed by atoms with E-state index >= 15 is 0 Å². The SMILES string of the molecule is COc1ccc([C@H]2c3ccsc3CCN2CC(=O)N2CCN(C(=O)c3ccc([N+](=O)[O-])cc3)[C@H](C)C2)cc1. The number of methoxy groups -OCH3 is 1. The molecule has 1 aromatic heterocycles. The van der Waals surface area contributed by atoms with Crippen LogP contribution < -0.4 is 4.74 Å². The summed E-state index contributed by atoms with van der Waals surface area (Å²) in [6, 6.07) is 15.7. The summed E-state index contributed by atoms with van der Waals surface area (Å²) < 4.78 is 5.33. The zero-order chi connectivity index (χ0) is 26.8. The Labute approximate surface area is 225 Å². The molecule has 3 heterocycles. The molecule has 0 N–H and O–H groups in total. The van der Waals surface area contributed by atoms with Crippen LogP contribution in [0.5, 0.6) is 5.75 Å². The average Bonchev–Trinajstić information content (AvgIpc) is 3.41. The van der Waals surface area contributed by atoms with Gasteiger partial charge < -0.3 is 14.5 Å². The Balaban J connectivity index is 1.26. The van der Waals surface area contributed by atoms with Crippen molar-refractivity contribution in [2.24, 2.45) is 0 Å². The highest BCUT2D eigenvalue weighted by atomic mass is 32.1. The number of ether oxygens (including phenoxy) is 1. The standard InChI is InChI=1S/C28H30N4O5S/c1-19-17-29(14-15-31(19)28(34)21-3-7-22(8-4-21)32(35)36)26(33)18-30-13-11-25-24(12-16-38-25)27(30)20-5-9-23(37-2)10-6-20/h3-10,12,16,19,27H,11,13-15,17-18H2,1-2H3/t19-,27+/m1/s1. The van der Waals surface area contributed by atoms with E-state index < -0.39 is 4.92 Å². The molecule has 0 spiro atoms. The molecule has 5 rings (SSSR count). The van der Waals surface area contributed by atoms with E-state index in [1.54, 1.807) is 23.3 Å². The number of nitro groups is 1. The number of carbonyl (C=O) groups excluding carboxylic acids is 2. The second kappa shape index (κ2) is 10.9. The number of amides is 2. The highest BCUT2D eigenvalue weighted by Gasteiger charge is 2.34. The Morgan fingerprint density at radius 3 is 2.45 bits per heavy atom. The number of hydrogen-bond acceptors (Lipinski definition) is 7. The lowest BCUT2D eigenvalue weighted by atomic mass is 9.93. The van der Waals surface area contributed by atoms with E-state index in [2.05, 4.69) is 28.5 Å². The van der Waals surface area contributed by atoms with Crippen LogP contribution in [0.25, 0.3) is 0 Å². The molecule has 9 nitrogen and oxygen atoms in total. The Kier molecular flexibility index (Phi) is 7.44. The zero-order valence-electron chi connectivity index (χ0n) is 21.4. The minimum absolute atomic E-state index is 0.00211. The van der Waals surface area contributed by atoms with Crippen molar-refractivity contribution in [1.82, 2.24) is 14.7 Å². The summed E-state index contributed by atoms with van der Waals surface area (Å²) in [5.41, 5.74) is 2.74. The van der Waals surface area contributed by atoms with E-state index in [9.17, 15) is 19.7 Å². The van der Waals surface area contributed by atoms with Crippen molar-refractivity contribution in [3.05, 3.63) is 91.7 Å². The van der Waals surface area contributed by atoms with Gasteiger partial charge in [0.25, 0.3) is 11.6 Å². The number of hydrogen-bond donors (Lipinski definition) is 0. The maximum Gasteiger partial charge on any atom is 0.269 e. The third-order valence-electron chi connectivity index (χ3n) is 7.40. The molecule has 3 aromatic rings. The molecule has 198 valence electrons. The van der Waals surface area contributed by atoms with Crippen LogP contribution in [0, 0.1) is 10.1 Å².